The van der Waals surface area contributed by atoms with E-state index < -0.39 is 0 Å². The minimum atomic E-state index is 0.770. The van der Waals surface area contributed by atoms with Crippen molar-refractivity contribution in [3.63, 3.8) is 0 Å². The summed E-state index contributed by atoms with van der Waals surface area (Å²) in [6, 6.07) is 6.53. The highest BCUT2D eigenvalue weighted by Crippen LogP contribution is 2.33. The van der Waals surface area contributed by atoms with Crippen molar-refractivity contribution >= 4 is 11.5 Å². The van der Waals surface area contributed by atoms with Crippen LogP contribution in [0, 0.1) is 6.92 Å². The van der Waals surface area contributed by atoms with E-state index in [0.717, 1.165) is 42.4 Å². The zero-order chi connectivity index (χ0) is 13.6. The van der Waals surface area contributed by atoms with Gasteiger partial charge in [0, 0.05) is 31.4 Å². The van der Waals surface area contributed by atoms with Gasteiger partial charge in [-0.15, -0.1) is 0 Å². The molecule has 2 N–H and O–H groups in total. The number of fused-ring (bicyclic) bond motifs is 1. The van der Waals surface area contributed by atoms with Crippen molar-refractivity contribution in [3.8, 4) is 11.3 Å². The summed E-state index contributed by atoms with van der Waals surface area (Å²) in [5, 5.41) is 0. The number of likely N-dealkylation sites (N-methyl/N-ethyl adjacent to an activating group) is 1. The lowest BCUT2D eigenvalue weighted by atomic mass is 10.1. The number of rotatable bonds is 2. The van der Waals surface area contributed by atoms with Gasteiger partial charge in [-0.3, -0.25) is 0 Å². The normalized spacial score (nSPS) is 13.9. The second-order valence-electron chi connectivity index (χ2n) is 5.15. The number of nitrogens with zero attached hydrogens (tertiary/aromatic N) is 3. The molecule has 0 atom stereocenters. The lowest BCUT2D eigenvalue weighted by molar-refractivity contribution is 0.739. The fourth-order valence-electron chi connectivity index (χ4n) is 2.91. The van der Waals surface area contributed by atoms with Crippen LogP contribution in [0.1, 0.15) is 18.3 Å². The molecule has 0 unspecified atom stereocenters. The summed E-state index contributed by atoms with van der Waals surface area (Å²) in [7, 11) is 2.13. The molecule has 0 saturated heterocycles. The van der Waals surface area contributed by atoms with E-state index in [-0.39, 0.29) is 0 Å². The molecule has 4 nitrogen and oxygen atoms in total. The third-order valence-corrected chi connectivity index (χ3v) is 3.99. The van der Waals surface area contributed by atoms with E-state index in [1.807, 2.05) is 6.92 Å². The third kappa shape index (κ3) is 1.79. The van der Waals surface area contributed by atoms with Crippen LogP contribution in [0.2, 0.25) is 0 Å². The zero-order valence-electron chi connectivity index (χ0n) is 11.8. The van der Waals surface area contributed by atoms with Crippen molar-refractivity contribution in [1.82, 2.24) is 9.55 Å². The van der Waals surface area contributed by atoms with E-state index in [1.165, 1.54) is 11.3 Å². The Kier molecular flexibility index (Phi) is 2.73. The van der Waals surface area contributed by atoms with Crippen molar-refractivity contribution in [2.75, 3.05) is 24.2 Å². The molecule has 0 amide bonds. The smallest absolute Gasteiger partial charge is 0.131 e. The highest BCUT2D eigenvalue weighted by molar-refractivity contribution is 5.75. The molecule has 100 valence electrons. The molecular weight excluding hydrogens is 236 g/mol. The van der Waals surface area contributed by atoms with E-state index in [0.29, 0.717) is 0 Å². The largest absolute Gasteiger partial charge is 0.383 e. The first-order valence-electron chi connectivity index (χ1n) is 6.79. The molecule has 4 heteroatoms. The number of hydrogen-bond acceptors (Lipinski definition) is 3. The SMILES string of the molecule is CCn1c(C)nc(-c2ccc3c(c2)CCN3C)c1N. The summed E-state index contributed by atoms with van der Waals surface area (Å²) in [6.07, 6.45) is 1.10. The minimum absolute atomic E-state index is 0.770. The first-order valence-corrected chi connectivity index (χ1v) is 6.79. The van der Waals surface area contributed by atoms with Gasteiger partial charge < -0.3 is 15.2 Å². The van der Waals surface area contributed by atoms with Crippen LogP contribution in [0.15, 0.2) is 18.2 Å². The highest BCUT2D eigenvalue weighted by Gasteiger charge is 2.18. The monoisotopic (exact) mass is 256 g/mol. The molecule has 3 rings (SSSR count). The van der Waals surface area contributed by atoms with Crippen LogP contribution in [0.25, 0.3) is 11.3 Å². The first kappa shape index (κ1) is 12.1. The maximum atomic E-state index is 6.21. The summed E-state index contributed by atoms with van der Waals surface area (Å²) >= 11 is 0. The number of benzene rings is 1. The molecule has 1 aromatic carbocycles. The molecule has 19 heavy (non-hydrogen) atoms. The standard InChI is InChI=1S/C15H20N4/c1-4-19-10(2)17-14(15(19)16)12-5-6-13-11(9-12)7-8-18(13)3/h5-6,9H,4,7-8,16H2,1-3H3. The number of nitrogens with two attached hydrogens (primary N) is 1. The Bertz CT molecular complexity index is 627. The van der Waals surface area contributed by atoms with Gasteiger partial charge in [-0.05, 0) is 38.0 Å². The molecule has 2 aromatic rings. The topological polar surface area (TPSA) is 47.1 Å². The maximum Gasteiger partial charge on any atom is 0.131 e. The molecule has 0 aliphatic carbocycles. The van der Waals surface area contributed by atoms with Gasteiger partial charge in [-0.1, -0.05) is 6.07 Å². The number of aryl methyl sites for hydroxylation is 1. The van der Waals surface area contributed by atoms with E-state index in [1.54, 1.807) is 0 Å². The number of nitrogen functional groups attached to an aromatic ring is 1. The van der Waals surface area contributed by atoms with Gasteiger partial charge in [0.05, 0.1) is 0 Å². The second kappa shape index (κ2) is 4.30. The first-order chi connectivity index (χ1) is 9.11. The van der Waals surface area contributed by atoms with E-state index >= 15 is 0 Å². The second-order valence-corrected chi connectivity index (χ2v) is 5.15. The van der Waals surface area contributed by atoms with Crippen LogP contribution in [0.5, 0.6) is 0 Å². The van der Waals surface area contributed by atoms with Crippen molar-refractivity contribution in [1.29, 1.82) is 0 Å². The van der Waals surface area contributed by atoms with E-state index in [9.17, 15) is 0 Å². The van der Waals surface area contributed by atoms with Gasteiger partial charge in [0.1, 0.15) is 17.3 Å². The number of anilines is 2. The Morgan fingerprint density at radius 3 is 2.84 bits per heavy atom. The van der Waals surface area contributed by atoms with E-state index in [2.05, 4.69) is 46.6 Å². The van der Waals surface area contributed by atoms with Gasteiger partial charge >= 0.3 is 0 Å². The summed E-state index contributed by atoms with van der Waals surface area (Å²) in [5.41, 5.74) is 11.0. The highest BCUT2D eigenvalue weighted by atomic mass is 15.1. The maximum absolute atomic E-state index is 6.21. The zero-order valence-corrected chi connectivity index (χ0v) is 11.8. The predicted molar refractivity (Wildman–Crippen MR) is 79.5 cm³/mol. The molecule has 1 aliphatic rings. The molecular formula is C15H20N4. The fraction of sp³-hybridized carbons (Fsp3) is 0.400. The molecule has 1 aromatic heterocycles. The van der Waals surface area contributed by atoms with Gasteiger partial charge in [0.2, 0.25) is 0 Å². The quantitative estimate of drug-likeness (QED) is 0.897. The summed E-state index contributed by atoms with van der Waals surface area (Å²) in [4.78, 5) is 6.91. The van der Waals surface area contributed by atoms with Gasteiger partial charge in [0.25, 0.3) is 0 Å². The average Bonchev–Trinajstić information content (AvgIpc) is 2.90. The van der Waals surface area contributed by atoms with Crippen LogP contribution in [-0.2, 0) is 13.0 Å². The van der Waals surface area contributed by atoms with Gasteiger partial charge in [-0.2, -0.15) is 0 Å². The van der Waals surface area contributed by atoms with Gasteiger partial charge in [0.15, 0.2) is 0 Å². The van der Waals surface area contributed by atoms with Crippen molar-refractivity contribution in [2.24, 2.45) is 0 Å². The van der Waals surface area contributed by atoms with Crippen LogP contribution in [0.4, 0.5) is 11.5 Å². The number of imidazole rings is 1. The number of aromatic nitrogens is 2. The van der Waals surface area contributed by atoms with E-state index in [4.69, 9.17) is 5.73 Å². The molecule has 0 spiro atoms. The van der Waals surface area contributed by atoms with Crippen LogP contribution < -0.4 is 10.6 Å². The molecule has 0 fully saturated rings. The molecule has 2 heterocycles. The lowest BCUT2D eigenvalue weighted by Gasteiger charge is -2.12. The Hall–Kier alpha value is -1.97. The molecule has 0 radical (unpaired) electrons. The Morgan fingerprint density at radius 2 is 2.16 bits per heavy atom. The predicted octanol–water partition coefficient (Wildman–Crippen LogP) is 2.45. The minimum Gasteiger partial charge on any atom is -0.383 e. The van der Waals surface area contributed by atoms with Gasteiger partial charge in [-0.25, -0.2) is 4.98 Å². The van der Waals surface area contributed by atoms with Crippen LogP contribution >= 0.6 is 0 Å². The Balaban J connectivity index is 2.08. The lowest BCUT2D eigenvalue weighted by Crippen LogP contribution is -2.12. The summed E-state index contributed by atoms with van der Waals surface area (Å²) < 4.78 is 2.05. The number of hydrogen-bond donors (Lipinski definition) is 1. The molecule has 0 saturated carbocycles. The Labute approximate surface area is 113 Å². The van der Waals surface area contributed by atoms with Crippen molar-refractivity contribution in [2.45, 2.75) is 26.8 Å². The molecule has 0 bridgehead atoms. The van der Waals surface area contributed by atoms with Crippen molar-refractivity contribution in [3.05, 3.63) is 29.6 Å². The average molecular weight is 256 g/mol. The van der Waals surface area contributed by atoms with Crippen molar-refractivity contribution < 1.29 is 0 Å². The summed E-state index contributed by atoms with van der Waals surface area (Å²) in [6.45, 7) is 6.05. The van der Waals surface area contributed by atoms with Crippen LogP contribution in [-0.4, -0.2) is 23.1 Å². The summed E-state index contributed by atoms with van der Waals surface area (Å²) in [5.74, 6) is 1.75. The van der Waals surface area contributed by atoms with Crippen LogP contribution in [0.3, 0.4) is 0 Å². The third-order valence-electron chi connectivity index (χ3n) is 3.99. The fourth-order valence-corrected chi connectivity index (χ4v) is 2.91. The molecule has 1 aliphatic heterocycles. The Morgan fingerprint density at radius 1 is 1.37 bits per heavy atom.